The van der Waals surface area contributed by atoms with Gasteiger partial charge in [0, 0.05) is 26.0 Å². The van der Waals surface area contributed by atoms with Crippen LogP contribution in [0.1, 0.15) is 10.9 Å². The van der Waals surface area contributed by atoms with Gasteiger partial charge in [0.25, 0.3) is 0 Å². The maximum atomic E-state index is 6.11. The van der Waals surface area contributed by atoms with Gasteiger partial charge in [-0.05, 0) is 30.3 Å². The molecule has 0 amide bonds. The molecule has 0 bridgehead atoms. The van der Waals surface area contributed by atoms with E-state index in [0.29, 0.717) is 0 Å². The molecule has 2 rings (SSSR count). The number of benzene rings is 1. The zero-order chi connectivity index (χ0) is 12.3. The van der Waals surface area contributed by atoms with Crippen LogP contribution in [0.5, 0.6) is 0 Å². The second-order valence-corrected chi connectivity index (χ2v) is 7.27. The van der Waals surface area contributed by atoms with E-state index in [1.165, 1.54) is 4.90 Å². The number of halogens is 2. The molecule has 0 saturated carbocycles. The minimum atomic E-state index is 0.0384. The Morgan fingerprint density at radius 3 is 2.82 bits per heavy atom. The molecule has 0 spiro atoms. The predicted octanol–water partition coefficient (Wildman–Crippen LogP) is 4.96. The maximum Gasteiger partial charge on any atom is 0.0931 e. The van der Waals surface area contributed by atoms with Gasteiger partial charge >= 0.3 is 0 Å². The second-order valence-electron chi connectivity index (χ2n) is 3.52. The van der Waals surface area contributed by atoms with Crippen LogP contribution in [-0.2, 0) is 0 Å². The fraction of sp³-hybridized carbons (Fsp3) is 0.167. The van der Waals surface area contributed by atoms with Crippen molar-refractivity contribution in [2.45, 2.75) is 10.9 Å². The molecule has 1 heterocycles. The van der Waals surface area contributed by atoms with Crippen LogP contribution in [0, 0.1) is 0 Å². The van der Waals surface area contributed by atoms with Crippen molar-refractivity contribution in [3.63, 3.8) is 0 Å². The number of rotatable bonds is 4. The third-order valence-corrected chi connectivity index (χ3v) is 5.15. The number of nitrogens with two attached hydrogens (primary N) is 1. The summed E-state index contributed by atoms with van der Waals surface area (Å²) in [5.74, 6) is 0.854. The Bertz CT molecular complexity index is 501. The van der Waals surface area contributed by atoms with Crippen molar-refractivity contribution < 1.29 is 0 Å². The van der Waals surface area contributed by atoms with Crippen molar-refractivity contribution in [3.05, 3.63) is 50.1 Å². The molecular formula is C12H11BrClNS2. The van der Waals surface area contributed by atoms with Crippen molar-refractivity contribution in [2.24, 2.45) is 5.73 Å². The molecule has 1 aromatic heterocycles. The maximum absolute atomic E-state index is 6.11. The lowest BCUT2D eigenvalue weighted by molar-refractivity contribution is 0.852. The van der Waals surface area contributed by atoms with E-state index in [4.69, 9.17) is 17.3 Å². The van der Waals surface area contributed by atoms with E-state index in [-0.39, 0.29) is 6.04 Å². The Hall–Kier alpha value is -0.0000000000000000278. The molecule has 5 heteroatoms. The first-order valence-corrected chi connectivity index (χ1v) is 8.01. The van der Waals surface area contributed by atoms with Gasteiger partial charge in [-0.1, -0.05) is 33.6 Å². The summed E-state index contributed by atoms with van der Waals surface area (Å²) in [6.45, 7) is 0. The van der Waals surface area contributed by atoms with Crippen LogP contribution >= 0.6 is 50.6 Å². The summed E-state index contributed by atoms with van der Waals surface area (Å²) in [6.07, 6.45) is 0. The minimum Gasteiger partial charge on any atom is -0.323 e. The fourth-order valence-corrected chi connectivity index (χ4v) is 4.01. The smallest absolute Gasteiger partial charge is 0.0931 e. The molecule has 1 atom stereocenters. The zero-order valence-electron chi connectivity index (χ0n) is 8.90. The van der Waals surface area contributed by atoms with Crippen molar-refractivity contribution >= 4 is 50.6 Å². The first kappa shape index (κ1) is 13.4. The monoisotopic (exact) mass is 347 g/mol. The van der Waals surface area contributed by atoms with Crippen LogP contribution in [0.15, 0.2) is 45.8 Å². The van der Waals surface area contributed by atoms with Crippen molar-refractivity contribution in [1.82, 2.24) is 0 Å². The quantitative estimate of drug-likeness (QED) is 0.791. The van der Waals surface area contributed by atoms with E-state index in [1.54, 1.807) is 23.1 Å². The minimum absolute atomic E-state index is 0.0384. The number of thioether (sulfide) groups is 1. The van der Waals surface area contributed by atoms with Crippen LogP contribution in [0.4, 0.5) is 0 Å². The van der Waals surface area contributed by atoms with Crippen LogP contribution in [0.2, 0.25) is 4.34 Å². The summed E-state index contributed by atoms with van der Waals surface area (Å²) in [5.41, 5.74) is 6.11. The van der Waals surface area contributed by atoms with Gasteiger partial charge in [-0.25, -0.2) is 0 Å². The van der Waals surface area contributed by atoms with Crippen LogP contribution in [-0.4, -0.2) is 5.75 Å². The number of hydrogen-bond acceptors (Lipinski definition) is 3. The zero-order valence-corrected chi connectivity index (χ0v) is 12.9. The highest BCUT2D eigenvalue weighted by Gasteiger charge is 2.09. The van der Waals surface area contributed by atoms with Gasteiger partial charge in [0.05, 0.1) is 4.34 Å². The molecule has 1 nitrogen and oxygen atoms in total. The van der Waals surface area contributed by atoms with Gasteiger partial charge in [0.15, 0.2) is 0 Å². The predicted molar refractivity (Wildman–Crippen MR) is 81.1 cm³/mol. The van der Waals surface area contributed by atoms with Crippen molar-refractivity contribution in [1.29, 1.82) is 0 Å². The average molecular weight is 349 g/mol. The SMILES string of the molecule is NC(CSc1cccc(Br)c1)c1ccc(Cl)s1. The first-order valence-electron chi connectivity index (χ1n) is 5.04. The van der Waals surface area contributed by atoms with E-state index in [1.807, 2.05) is 24.3 Å². The van der Waals surface area contributed by atoms with E-state index < -0.39 is 0 Å². The molecule has 90 valence electrons. The van der Waals surface area contributed by atoms with E-state index in [0.717, 1.165) is 19.4 Å². The summed E-state index contributed by atoms with van der Waals surface area (Å²) < 4.78 is 1.89. The van der Waals surface area contributed by atoms with Gasteiger partial charge in [-0.15, -0.1) is 23.1 Å². The Morgan fingerprint density at radius 1 is 1.35 bits per heavy atom. The van der Waals surface area contributed by atoms with Crippen LogP contribution < -0.4 is 5.73 Å². The molecule has 2 N–H and O–H groups in total. The van der Waals surface area contributed by atoms with E-state index >= 15 is 0 Å². The largest absolute Gasteiger partial charge is 0.323 e. The molecule has 0 fully saturated rings. The Kier molecular flexibility index (Phi) is 4.94. The normalized spacial score (nSPS) is 12.6. The number of thiophene rings is 1. The lowest BCUT2D eigenvalue weighted by Gasteiger charge is -2.09. The molecule has 2 aromatic rings. The standard InChI is InChI=1S/C12H11BrClNS2/c13-8-2-1-3-9(6-8)16-7-10(15)11-4-5-12(14)17-11/h1-6,10H,7,15H2. The summed E-state index contributed by atoms with van der Waals surface area (Å²) in [6, 6.07) is 12.2. The molecule has 0 radical (unpaired) electrons. The summed E-state index contributed by atoms with van der Waals surface area (Å²) in [5, 5.41) is 0. The van der Waals surface area contributed by atoms with Crippen molar-refractivity contribution in [3.8, 4) is 0 Å². The topological polar surface area (TPSA) is 26.0 Å². The fourth-order valence-electron chi connectivity index (χ4n) is 1.35. The first-order chi connectivity index (χ1) is 8.15. The van der Waals surface area contributed by atoms with Gasteiger partial charge in [0.2, 0.25) is 0 Å². The van der Waals surface area contributed by atoms with Gasteiger partial charge in [-0.3, -0.25) is 0 Å². The molecule has 0 aliphatic carbocycles. The third-order valence-electron chi connectivity index (χ3n) is 2.19. The van der Waals surface area contributed by atoms with Crippen molar-refractivity contribution in [2.75, 3.05) is 5.75 Å². The molecule has 1 unspecified atom stereocenters. The Balaban J connectivity index is 1.94. The molecule has 0 aliphatic heterocycles. The Labute approximate surface area is 122 Å². The third kappa shape index (κ3) is 4.00. The summed E-state index contributed by atoms with van der Waals surface area (Å²) >= 11 is 12.7. The van der Waals surface area contributed by atoms with E-state index in [9.17, 15) is 0 Å². The van der Waals surface area contributed by atoms with Crippen LogP contribution in [0.3, 0.4) is 0 Å². The molecule has 0 aliphatic rings. The van der Waals surface area contributed by atoms with Gasteiger partial charge in [-0.2, -0.15) is 0 Å². The summed E-state index contributed by atoms with van der Waals surface area (Å²) in [7, 11) is 0. The molecule has 1 aromatic carbocycles. The lowest BCUT2D eigenvalue weighted by atomic mass is 10.3. The van der Waals surface area contributed by atoms with E-state index in [2.05, 4.69) is 28.1 Å². The highest BCUT2D eigenvalue weighted by Crippen LogP contribution is 2.30. The molecule has 17 heavy (non-hydrogen) atoms. The second kappa shape index (κ2) is 6.25. The Morgan fingerprint density at radius 2 is 2.18 bits per heavy atom. The molecular weight excluding hydrogens is 338 g/mol. The average Bonchev–Trinajstić information content (AvgIpc) is 2.73. The van der Waals surface area contributed by atoms with Gasteiger partial charge < -0.3 is 5.73 Å². The highest BCUT2D eigenvalue weighted by molar-refractivity contribution is 9.10. The van der Waals surface area contributed by atoms with Crippen LogP contribution in [0.25, 0.3) is 0 Å². The van der Waals surface area contributed by atoms with Gasteiger partial charge in [0.1, 0.15) is 0 Å². The summed E-state index contributed by atoms with van der Waals surface area (Å²) in [4.78, 5) is 2.36. The highest BCUT2D eigenvalue weighted by atomic mass is 79.9. The number of hydrogen-bond donors (Lipinski definition) is 1. The lowest BCUT2D eigenvalue weighted by Crippen LogP contribution is -2.11. The molecule has 0 saturated heterocycles.